The van der Waals surface area contributed by atoms with Crippen LogP contribution in [0.5, 0.6) is 0 Å². The van der Waals surface area contributed by atoms with E-state index in [0.717, 1.165) is 0 Å². The fourth-order valence-electron chi connectivity index (χ4n) is 1.95. The van der Waals surface area contributed by atoms with E-state index in [1.165, 1.54) is 0 Å². The van der Waals surface area contributed by atoms with Crippen molar-refractivity contribution in [3.05, 3.63) is 0 Å². The molecule has 0 aromatic carbocycles. The van der Waals surface area contributed by atoms with E-state index in [9.17, 15) is 14.5 Å². The average molecular weight is 309 g/mol. The summed E-state index contributed by atoms with van der Waals surface area (Å²) in [5.41, 5.74) is 0. The van der Waals surface area contributed by atoms with E-state index in [1.807, 2.05) is 20.8 Å². The van der Waals surface area contributed by atoms with E-state index in [4.69, 9.17) is 9.05 Å². The molecule has 0 aliphatic rings. The van der Waals surface area contributed by atoms with Crippen molar-refractivity contribution in [2.75, 3.05) is 13.2 Å². The van der Waals surface area contributed by atoms with Crippen molar-refractivity contribution >= 4 is 13.6 Å². The first kappa shape index (κ1) is 19.6. The largest absolute Gasteiger partial charge is 0.480 e. The molecule has 6 nitrogen and oxygen atoms in total. The molecule has 0 aliphatic heterocycles. The number of carboxylic acids is 1. The highest BCUT2D eigenvalue weighted by Crippen LogP contribution is 2.53. The summed E-state index contributed by atoms with van der Waals surface area (Å²) in [5.74, 6) is -1.33. The summed E-state index contributed by atoms with van der Waals surface area (Å²) in [6.45, 7) is 9.72. The lowest BCUT2D eigenvalue weighted by molar-refractivity contribution is -0.140. The number of hydrogen-bond acceptors (Lipinski definition) is 5. The summed E-state index contributed by atoms with van der Waals surface area (Å²) in [6.07, 6.45) is 0.934. The Morgan fingerprint density at radius 3 is 2.00 bits per heavy atom. The van der Waals surface area contributed by atoms with E-state index in [1.54, 1.807) is 13.8 Å². The second kappa shape index (κ2) is 9.50. The molecule has 0 saturated heterocycles. The van der Waals surface area contributed by atoms with Gasteiger partial charge in [0, 0.05) is 0 Å². The van der Waals surface area contributed by atoms with Gasteiger partial charge in [0.25, 0.3) is 0 Å². The number of carbonyl (C=O) groups is 1. The molecular weight excluding hydrogens is 281 g/mol. The van der Waals surface area contributed by atoms with Crippen molar-refractivity contribution in [1.29, 1.82) is 0 Å². The third-order valence-electron chi connectivity index (χ3n) is 2.79. The van der Waals surface area contributed by atoms with E-state index in [-0.39, 0.29) is 19.1 Å². The molecule has 0 unspecified atom stereocenters. The number of nitrogens with one attached hydrogen (secondary N) is 1. The van der Waals surface area contributed by atoms with Gasteiger partial charge in [-0.25, -0.2) is 0 Å². The highest BCUT2D eigenvalue weighted by molar-refractivity contribution is 7.54. The summed E-state index contributed by atoms with van der Waals surface area (Å²) < 4.78 is 23.3. The van der Waals surface area contributed by atoms with Gasteiger partial charge in [-0.3, -0.25) is 14.7 Å². The molecule has 0 amide bonds. The molecule has 0 aliphatic carbocycles. The predicted octanol–water partition coefficient (Wildman–Crippen LogP) is 3.08. The third kappa shape index (κ3) is 6.35. The van der Waals surface area contributed by atoms with Crippen LogP contribution in [0.2, 0.25) is 0 Å². The molecular formula is C13H28NO5P. The number of carboxylic acid groups (broad SMARTS) is 1. The summed E-state index contributed by atoms with van der Waals surface area (Å²) in [4.78, 5) is 11.3. The minimum absolute atomic E-state index is 0.222. The molecule has 2 N–H and O–H groups in total. The topological polar surface area (TPSA) is 84.9 Å². The minimum atomic E-state index is -3.34. The molecule has 0 aromatic rings. The molecule has 0 spiro atoms. The van der Waals surface area contributed by atoms with E-state index >= 15 is 0 Å². The SMILES string of the molecule is CCOP(=O)(OCC)[C@@H](CC)N[C@H](CC(C)C)C(=O)O. The Balaban J connectivity index is 5.02. The normalized spacial score (nSPS) is 15.3. The molecule has 7 heteroatoms. The Hall–Kier alpha value is -0.420. The summed E-state index contributed by atoms with van der Waals surface area (Å²) >= 11 is 0. The van der Waals surface area contributed by atoms with Gasteiger partial charge >= 0.3 is 13.6 Å². The second-order valence-electron chi connectivity index (χ2n) is 4.99. The Morgan fingerprint density at radius 2 is 1.70 bits per heavy atom. The standard InChI is InChI=1S/C13H28NO5P/c1-6-12(20(17,18-7-2)19-8-3)14-11(13(15)16)9-10(4)5/h10-12,14H,6-9H2,1-5H3,(H,15,16)/t11-,12+/m1/s1. The molecule has 0 heterocycles. The van der Waals surface area contributed by atoms with E-state index < -0.39 is 25.4 Å². The smallest absolute Gasteiger partial charge is 0.347 e. The third-order valence-corrected chi connectivity index (χ3v) is 5.30. The van der Waals surface area contributed by atoms with Crippen molar-refractivity contribution in [2.45, 2.75) is 59.3 Å². The van der Waals surface area contributed by atoms with Gasteiger partial charge in [-0.2, -0.15) is 0 Å². The zero-order valence-electron chi connectivity index (χ0n) is 13.1. The van der Waals surface area contributed by atoms with Crippen LogP contribution in [0.4, 0.5) is 0 Å². The molecule has 0 saturated carbocycles. The van der Waals surface area contributed by atoms with Gasteiger partial charge in [0.1, 0.15) is 11.8 Å². The first-order valence-corrected chi connectivity index (χ1v) is 8.79. The molecule has 20 heavy (non-hydrogen) atoms. The lowest BCUT2D eigenvalue weighted by atomic mass is 10.0. The van der Waals surface area contributed by atoms with Crippen molar-refractivity contribution in [2.24, 2.45) is 5.92 Å². The molecule has 2 atom stereocenters. The highest BCUT2D eigenvalue weighted by Gasteiger charge is 2.37. The summed E-state index contributed by atoms with van der Waals surface area (Å²) in [5, 5.41) is 12.2. The summed E-state index contributed by atoms with van der Waals surface area (Å²) in [7, 11) is -3.34. The van der Waals surface area contributed by atoms with E-state index in [2.05, 4.69) is 5.32 Å². The number of aliphatic carboxylic acids is 1. The highest BCUT2D eigenvalue weighted by atomic mass is 31.2. The van der Waals surface area contributed by atoms with Crippen LogP contribution in [0.1, 0.15) is 47.5 Å². The second-order valence-corrected chi connectivity index (χ2v) is 7.21. The van der Waals surface area contributed by atoms with Gasteiger partial charge in [-0.05, 0) is 32.6 Å². The number of hydrogen-bond donors (Lipinski definition) is 2. The fraction of sp³-hybridized carbons (Fsp3) is 0.923. The maximum atomic E-state index is 12.7. The summed E-state index contributed by atoms with van der Waals surface area (Å²) in [6, 6.07) is -0.755. The molecule has 0 radical (unpaired) electrons. The number of rotatable bonds is 11. The molecule has 120 valence electrons. The van der Waals surface area contributed by atoms with E-state index in [0.29, 0.717) is 12.8 Å². The Kier molecular flexibility index (Phi) is 9.30. The average Bonchev–Trinajstić information content (AvgIpc) is 2.33. The monoisotopic (exact) mass is 309 g/mol. The molecule has 0 rings (SSSR count). The minimum Gasteiger partial charge on any atom is -0.480 e. The van der Waals surface area contributed by atoms with Gasteiger partial charge in [0.15, 0.2) is 0 Å². The maximum absolute atomic E-state index is 12.7. The van der Waals surface area contributed by atoms with Gasteiger partial charge in [-0.15, -0.1) is 0 Å². The van der Waals surface area contributed by atoms with Crippen LogP contribution >= 0.6 is 7.60 Å². The van der Waals surface area contributed by atoms with Gasteiger partial charge in [0.05, 0.1) is 13.2 Å². The van der Waals surface area contributed by atoms with Crippen LogP contribution in [0, 0.1) is 5.92 Å². The quantitative estimate of drug-likeness (QED) is 0.571. The van der Waals surface area contributed by atoms with Gasteiger partial charge < -0.3 is 14.2 Å². The molecule has 0 fully saturated rings. The van der Waals surface area contributed by atoms with Gasteiger partial charge in [0.2, 0.25) is 0 Å². The Bertz CT molecular complexity index is 325. The Labute approximate surface area is 121 Å². The Morgan fingerprint density at radius 1 is 1.20 bits per heavy atom. The van der Waals surface area contributed by atoms with Crippen molar-refractivity contribution in [3.63, 3.8) is 0 Å². The molecule has 0 aromatic heterocycles. The van der Waals surface area contributed by atoms with Crippen LogP contribution in [0.15, 0.2) is 0 Å². The van der Waals surface area contributed by atoms with Crippen LogP contribution < -0.4 is 5.32 Å². The van der Waals surface area contributed by atoms with Crippen LogP contribution in [-0.2, 0) is 18.4 Å². The lowest BCUT2D eigenvalue weighted by Gasteiger charge is -2.29. The van der Waals surface area contributed by atoms with Crippen LogP contribution in [0.25, 0.3) is 0 Å². The molecule has 0 bridgehead atoms. The first-order chi connectivity index (χ1) is 9.30. The van der Waals surface area contributed by atoms with Crippen LogP contribution in [0.3, 0.4) is 0 Å². The zero-order valence-corrected chi connectivity index (χ0v) is 14.0. The fourth-order valence-corrected chi connectivity index (χ4v) is 3.92. The zero-order chi connectivity index (χ0) is 15.8. The lowest BCUT2D eigenvalue weighted by Crippen LogP contribution is -2.44. The first-order valence-electron chi connectivity index (χ1n) is 7.18. The van der Waals surface area contributed by atoms with Crippen molar-refractivity contribution in [3.8, 4) is 0 Å². The van der Waals surface area contributed by atoms with Crippen LogP contribution in [-0.4, -0.2) is 36.1 Å². The maximum Gasteiger partial charge on any atom is 0.347 e. The predicted molar refractivity (Wildman–Crippen MR) is 79.0 cm³/mol. The van der Waals surface area contributed by atoms with Crippen molar-refractivity contribution < 1.29 is 23.5 Å². The van der Waals surface area contributed by atoms with Crippen molar-refractivity contribution in [1.82, 2.24) is 5.32 Å². The van der Waals surface area contributed by atoms with Gasteiger partial charge in [-0.1, -0.05) is 20.8 Å².